The Balaban J connectivity index is 2.18. The van der Waals surface area contributed by atoms with E-state index in [1.165, 1.54) is 0 Å². The number of azide groups is 1. The first kappa shape index (κ1) is 12.6. The van der Waals surface area contributed by atoms with Gasteiger partial charge < -0.3 is 0 Å². The van der Waals surface area contributed by atoms with E-state index in [0.29, 0.717) is 31.0 Å². The Morgan fingerprint density at radius 1 is 1.67 bits per heavy atom. The van der Waals surface area contributed by atoms with Crippen LogP contribution in [-0.4, -0.2) is 29.0 Å². The molecular formula is C10H11ClN6O. The minimum atomic E-state index is -0.0395. The molecule has 2 heterocycles. The molecule has 1 atom stereocenters. The molecule has 0 aromatic carbocycles. The highest BCUT2D eigenvalue weighted by Gasteiger charge is 2.31. The Labute approximate surface area is 108 Å². The first-order valence-corrected chi connectivity index (χ1v) is 5.80. The van der Waals surface area contributed by atoms with Gasteiger partial charge in [0, 0.05) is 36.2 Å². The van der Waals surface area contributed by atoms with Gasteiger partial charge >= 0.3 is 0 Å². The van der Waals surface area contributed by atoms with Crippen LogP contribution >= 0.6 is 11.6 Å². The summed E-state index contributed by atoms with van der Waals surface area (Å²) in [6.45, 7) is 2.59. The maximum absolute atomic E-state index is 11.9. The van der Waals surface area contributed by atoms with Crippen LogP contribution in [0.2, 0.25) is 5.28 Å². The Morgan fingerprint density at radius 3 is 3.11 bits per heavy atom. The third-order valence-electron chi connectivity index (χ3n) is 2.70. The van der Waals surface area contributed by atoms with Gasteiger partial charge in [0.15, 0.2) is 0 Å². The normalized spacial score (nSPS) is 18.9. The van der Waals surface area contributed by atoms with Crippen molar-refractivity contribution in [2.75, 3.05) is 18.0 Å². The third kappa shape index (κ3) is 2.69. The van der Waals surface area contributed by atoms with Crippen LogP contribution < -0.4 is 4.90 Å². The van der Waals surface area contributed by atoms with Gasteiger partial charge in [-0.3, -0.25) is 9.69 Å². The van der Waals surface area contributed by atoms with Gasteiger partial charge in [0.2, 0.25) is 11.2 Å². The van der Waals surface area contributed by atoms with Gasteiger partial charge in [0.1, 0.15) is 5.82 Å². The lowest BCUT2D eigenvalue weighted by atomic mass is 10.1. The second-order valence-electron chi connectivity index (χ2n) is 4.12. The fourth-order valence-corrected chi connectivity index (χ4v) is 2.15. The van der Waals surface area contributed by atoms with Crippen LogP contribution in [0.4, 0.5) is 5.82 Å². The molecule has 1 aliphatic heterocycles. The molecule has 94 valence electrons. The second kappa shape index (κ2) is 5.20. The van der Waals surface area contributed by atoms with Crippen LogP contribution in [0, 0.1) is 12.8 Å². The smallest absolute Gasteiger partial charge is 0.228 e. The zero-order valence-electron chi connectivity index (χ0n) is 9.75. The van der Waals surface area contributed by atoms with Gasteiger partial charge in [-0.15, -0.1) is 0 Å². The monoisotopic (exact) mass is 266 g/mol. The van der Waals surface area contributed by atoms with Crippen LogP contribution in [-0.2, 0) is 4.79 Å². The Morgan fingerprint density at radius 2 is 2.44 bits per heavy atom. The van der Waals surface area contributed by atoms with Gasteiger partial charge in [-0.2, -0.15) is 0 Å². The second-order valence-corrected chi connectivity index (χ2v) is 4.46. The maximum atomic E-state index is 11.9. The summed E-state index contributed by atoms with van der Waals surface area (Å²) in [5.41, 5.74) is 8.97. The van der Waals surface area contributed by atoms with Crippen molar-refractivity contribution in [3.05, 3.63) is 27.5 Å². The standard InChI is InChI=1S/C10H11ClN6O/c1-6-2-8(15-10(11)14-6)17-5-7(3-9(17)18)4-13-16-12/h2,7H,3-5H2,1H3. The van der Waals surface area contributed by atoms with Gasteiger partial charge in [-0.1, -0.05) is 5.11 Å². The molecule has 0 saturated carbocycles. The van der Waals surface area contributed by atoms with Crippen LogP contribution in [0.5, 0.6) is 0 Å². The van der Waals surface area contributed by atoms with E-state index in [1.54, 1.807) is 17.9 Å². The minimum Gasteiger partial charge on any atom is -0.296 e. The molecule has 18 heavy (non-hydrogen) atoms. The summed E-state index contributed by atoms with van der Waals surface area (Å²) in [4.78, 5) is 24.1. The van der Waals surface area contributed by atoms with Gasteiger partial charge in [-0.25, -0.2) is 9.97 Å². The number of aryl methyl sites for hydroxylation is 1. The van der Waals surface area contributed by atoms with Crippen LogP contribution in [0.1, 0.15) is 12.1 Å². The number of rotatable bonds is 3. The number of nitrogens with zero attached hydrogens (tertiary/aromatic N) is 6. The van der Waals surface area contributed by atoms with E-state index in [9.17, 15) is 4.79 Å². The summed E-state index contributed by atoms with van der Waals surface area (Å²) >= 11 is 5.77. The van der Waals surface area contributed by atoms with E-state index in [-0.39, 0.29) is 17.1 Å². The van der Waals surface area contributed by atoms with Gasteiger partial charge in [0.25, 0.3) is 0 Å². The van der Waals surface area contributed by atoms with Crippen LogP contribution in [0.3, 0.4) is 0 Å². The Bertz CT molecular complexity index is 507. The molecule has 2 rings (SSSR count). The number of anilines is 1. The molecule has 1 amide bonds. The van der Waals surface area contributed by atoms with Crippen LogP contribution in [0.15, 0.2) is 11.2 Å². The van der Waals surface area contributed by atoms with Crippen molar-refractivity contribution in [2.24, 2.45) is 11.0 Å². The lowest BCUT2D eigenvalue weighted by Gasteiger charge is -2.15. The summed E-state index contributed by atoms with van der Waals surface area (Å²) in [5.74, 6) is 0.491. The van der Waals surface area contributed by atoms with Crippen molar-refractivity contribution < 1.29 is 4.79 Å². The zero-order valence-corrected chi connectivity index (χ0v) is 10.5. The molecule has 0 aliphatic carbocycles. The fraction of sp³-hybridized carbons (Fsp3) is 0.500. The average molecular weight is 267 g/mol. The van der Waals surface area contributed by atoms with Crippen molar-refractivity contribution in [3.63, 3.8) is 0 Å². The van der Waals surface area contributed by atoms with Crippen molar-refractivity contribution >= 4 is 23.3 Å². The summed E-state index contributed by atoms with van der Waals surface area (Å²) in [6.07, 6.45) is 0.361. The lowest BCUT2D eigenvalue weighted by Crippen LogP contribution is -2.26. The Hall–Kier alpha value is -1.85. The predicted octanol–water partition coefficient (Wildman–Crippen LogP) is 2.10. The topological polar surface area (TPSA) is 94.8 Å². The van der Waals surface area contributed by atoms with E-state index in [2.05, 4.69) is 20.0 Å². The highest BCUT2D eigenvalue weighted by atomic mass is 35.5. The third-order valence-corrected chi connectivity index (χ3v) is 2.87. The molecule has 1 unspecified atom stereocenters. The first-order chi connectivity index (χ1) is 8.60. The molecule has 1 aromatic heterocycles. The van der Waals surface area contributed by atoms with Gasteiger partial charge in [-0.05, 0) is 30.0 Å². The zero-order chi connectivity index (χ0) is 13.1. The molecular weight excluding hydrogens is 256 g/mol. The summed E-state index contributed by atoms with van der Waals surface area (Å²) < 4.78 is 0. The number of hydrogen-bond acceptors (Lipinski definition) is 4. The lowest BCUT2D eigenvalue weighted by molar-refractivity contribution is -0.117. The van der Waals surface area contributed by atoms with Gasteiger partial charge in [0.05, 0.1) is 0 Å². The molecule has 0 bridgehead atoms. The van der Waals surface area contributed by atoms with E-state index in [4.69, 9.17) is 17.1 Å². The first-order valence-electron chi connectivity index (χ1n) is 5.42. The quantitative estimate of drug-likeness (QED) is 0.363. The molecule has 1 aromatic rings. The van der Waals surface area contributed by atoms with Crippen molar-refractivity contribution in [2.45, 2.75) is 13.3 Å². The van der Waals surface area contributed by atoms with E-state index in [0.717, 1.165) is 0 Å². The van der Waals surface area contributed by atoms with Crippen molar-refractivity contribution in [1.82, 2.24) is 9.97 Å². The summed E-state index contributed by atoms with van der Waals surface area (Å²) in [6, 6.07) is 1.71. The molecule has 8 heteroatoms. The number of hydrogen-bond donors (Lipinski definition) is 0. The maximum Gasteiger partial charge on any atom is 0.228 e. The fourth-order valence-electron chi connectivity index (χ4n) is 1.93. The van der Waals surface area contributed by atoms with Crippen LogP contribution in [0.25, 0.3) is 10.4 Å². The molecule has 0 N–H and O–H groups in total. The largest absolute Gasteiger partial charge is 0.296 e. The molecule has 0 radical (unpaired) electrons. The number of aromatic nitrogens is 2. The number of amides is 1. The van der Waals surface area contributed by atoms with E-state index < -0.39 is 0 Å². The van der Waals surface area contributed by atoms with Crippen molar-refractivity contribution in [3.8, 4) is 0 Å². The number of halogens is 1. The van der Waals surface area contributed by atoms with E-state index in [1.807, 2.05) is 0 Å². The minimum absolute atomic E-state index is 0.0300. The number of carbonyl (C=O) groups is 1. The highest BCUT2D eigenvalue weighted by molar-refractivity contribution is 6.28. The van der Waals surface area contributed by atoms with Crippen molar-refractivity contribution in [1.29, 1.82) is 0 Å². The molecule has 0 spiro atoms. The highest BCUT2D eigenvalue weighted by Crippen LogP contribution is 2.24. The number of carbonyl (C=O) groups excluding carboxylic acids is 1. The van der Waals surface area contributed by atoms with E-state index >= 15 is 0 Å². The summed E-state index contributed by atoms with van der Waals surface area (Å²) in [7, 11) is 0. The molecule has 1 saturated heterocycles. The average Bonchev–Trinajstić information content (AvgIpc) is 2.66. The molecule has 1 fully saturated rings. The summed E-state index contributed by atoms with van der Waals surface area (Å²) in [5, 5.41) is 3.62. The Kier molecular flexibility index (Phi) is 3.64. The molecule has 1 aliphatic rings. The predicted molar refractivity (Wildman–Crippen MR) is 66.3 cm³/mol. The molecule has 7 nitrogen and oxygen atoms in total. The SMILES string of the molecule is Cc1cc(N2CC(CN=[N+]=[N-])CC2=O)nc(Cl)n1.